The molecule has 6 nitrogen and oxygen atoms in total. The summed E-state index contributed by atoms with van der Waals surface area (Å²) < 4.78 is 5.05. The molecule has 1 aromatic carbocycles. The van der Waals surface area contributed by atoms with Gasteiger partial charge in [0.1, 0.15) is 6.10 Å². The van der Waals surface area contributed by atoms with Crippen molar-refractivity contribution in [1.29, 1.82) is 0 Å². The van der Waals surface area contributed by atoms with Crippen LogP contribution in [-0.4, -0.2) is 32.3 Å². The largest absolute Gasteiger partial charge is 0.463 e. The fourth-order valence-electron chi connectivity index (χ4n) is 1.80. The highest BCUT2D eigenvalue weighted by Crippen LogP contribution is 2.14. The van der Waals surface area contributed by atoms with Crippen molar-refractivity contribution >= 4 is 5.97 Å². The number of nitrogens with zero attached hydrogens (tertiary/aromatic N) is 4. The molecule has 0 spiro atoms. The first kappa shape index (κ1) is 14.2. The van der Waals surface area contributed by atoms with Crippen LogP contribution in [-0.2, 0) is 16.1 Å². The first-order valence-electron chi connectivity index (χ1n) is 6.56. The van der Waals surface area contributed by atoms with Crippen LogP contribution in [0.4, 0.5) is 0 Å². The number of esters is 1. The molecule has 0 N–H and O–H groups in total. The van der Waals surface area contributed by atoms with Gasteiger partial charge in [0.05, 0.1) is 6.54 Å². The molecule has 2 rings (SSSR count). The Bertz CT molecular complexity index is 577. The van der Waals surface area contributed by atoms with E-state index in [1.165, 1.54) is 17.3 Å². The Hall–Kier alpha value is -2.24. The molecule has 1 atom stereocenters. The van der Waals surface area contributed by atoms with Gasteiger partial charge in [0.15, 0.2) is 0 Å². The highest BCUT2D eigenvalue weighted by Gasteiger charge is 2.09. The predicted molar refractivity (Wildman–Crippen MR) is 73.8 cm³/mol. The van der Waals surface area contributed by atoms with Crippen LogP contribution in [0.2, 0.25) is 0 Å². The van der Waals surface area contributed by atoms with Gasteiger partial charge >= 0.3 is 5.97 Å². The minimum absolute atomic E-state index is 0.152. The lowest BCUT2D eigenvalue weighted by molar-refractivity contribution is -0.145. The molecule has 1 heterocycles. The van der Waals surface area contributed by atoms with E-state index in [0.29, 0.717) is 18.8 Å². The molecule has 106 valence electrons. The third-order valence-electron chi connectivity index (χ3n) is 2.87. The minimum atomic E-state index is -0.274. The lowest BCUT2D eigenvalue weighted by Crippen LogP contribution is -2.16. The quantitative estimate of drug-likeness (QED) is 0.780. The molecule has 0 fully saturated rings. The third kappa shape index (κ3) is 3.88. The Kier molecular flexibility index (Phi) is 4.45. The molecule has 1 aromatic heterocycles. The molecule has 0 saturated carbocycles. The smallest absolute Gasteiger partial charge is 0.302 e. The van der Waals surface area contributed by atoms with E-state index in [-0.39, 0.29) is 12.1 Å². The number of hydrogen-bond acceptors (Lipinski definition) is 5. The van der Waals surface area contributed by atoms with Crippen LogP contribution in [0, 0.1) is 6.92 Å². The number of ether oxygens (including phenoxy) is 1. The maximum atomic E-state index is 10.8. The molecule has 0 aliphatic heterocycles. The fraction of sp³-hybridized carbons (Fsp3) is 0.429. The summed E-state index contributed by atoms with van der Waals surface area (Å²) in [4.78, 5) is 12.3. The van der Waals surface area contributed by atoms with Crippen molar-refractivity contribution in [1.82, 2.24) is 20.2 Å². The normalized spacial score (nSPS) is 12.2. The van der Waals surface area contributed by atoms with Crippen molar-refractivity contribution in [3.8, 4) is 11.4 Å². The predicted octanol–water partition coefficient (Wildman–Crippen LogP) is 1.99. The van der Waals surface area contributed by atoms with Crippen molar-refractivity contribution in [2.45, 2.75) is 39.8 Å². The van der Waals surface area contributed by atoms with Crippen LogP contribution >= 0.6 is 0 Å². The van der Waals surface area contributed by atoms with Gasteiger partial charge in [-0.3, -0.25) is 4.79 Å². The zero-order valence-corrected chi connectivity index (χ0v) is 11.9. The number of carbonyl (C=O) groups is 1. The van der Waals surface area contributed by atoms with Gasteiger partial charge in [0.2, 0.25) is 5.82 Å². The fourth-order valence-corrected chi connectivity index (χ4v) is 1.80. The van der Waals surface area contributed by atoms with Crippen LogP contribution in [0.3, 0.4) is 0 Å². The van der Waals surface area contributed by atoms with E-state index in [1.807, 2.05) is 38.1 Å². The summed E-state index contributed by atoms with van der Waals surface area (Å²) in [5.41, 5.74) is 2.13. The van der Waals surface area contributed by atoms with E-state index in [0.717, 1.165) is 5.56 Å². The Labute approximate surface area is 117 Å². The first-order chi connectivity index (χ1) is 9.54. The van der Waals surface area contributed by atoms with Gasteiger partial charge in [0.25, 0.3) is 0 Å². The average molecular weight is 274 g/mol. The summed E-state index contributed by atoms with van der Waals surface area (Å²) in [6.07, 6.45) is 0.504. The molecular weight excluding hydrogens is 256 g/mol. The third-order valence-corrected chi connectivity index (χ3v) is 2.87. The summed E-state index contributed by atoms with van der Waals surface area (Å²) in [6, 6.07) is 7.97. The molecule has 0 radical (unpaired) electrons. The Balaban J connectivity index is 1.95. The average Bonchev–Trinajstić information content (AvgIpc) is 2.85. The maximum Gasteiger partial charge on any atom is 0.302 e. The zero-order chi connectivity index (χ0) is 14.5. The SMILES string of the molecule is CC(=O)O[C@H](C)CCn1nnc(-c2ccc(C)cc2)n1. The molecule has 6 heteroatoms. The molecule has 0 unspecified atom stereocenters. The van der Waals surface area contributed by atoms with Crippen LogP contribution in [0.5, 0.6) is 0 Å². The number of aromatic nitrogens is 4. The van der Waals surface area contributed by atoms with Gasteiger partial charge in [-0.05, 0) is 19.1 Å². The summed E-state index contributed by atoms with van der Waals surface area (Å²) in [5, 5.41) is 12.3. The maximum absolute atomic E-state index is 10.8. The standard InChI is InChI=1S/C14H18N4O2/c1-10-4-6-13(7-5-10)14-15-17-18(16-14)9-8-11(2)20-12(3)19/h4-7,11H,8-9H2,1-3H3/t11-/m1/s1. The molecule has 2 aromatic rings. The highest BCUT2D eigenvalue weighted by atomic mass is 16.5. The molecular formula is C14H18N4O2. The van der Waals surface area contributed by atoms with Crippen LogP contribution < -0.4 is 0 Å². The van der Waals surface area contributed by atoms with Crippen molar-refractivity contribution in [2.75, 3.05) is 0 Å². The molecule has 0 saturated heterocycles. The molecule has 0 amide bonds. The summed E-state index contributed by atoms with van der Waals surface area (Å²) in [6.45, 7) is 5.84. The molecule has 20 heavy (non-hydrogen) atoms. The number of carbonyl (C=O) groups excluding carboxylic acids is 1. The summed E-state index contributed by atoms with van der Waals surface area (Å²) in [5.74, 6) is 0.328. The summed E-state index contributed by atoms with van der Waals surface area (Å²) >= 11 is 0. The molecule has 0 aliphatic carbocycles. The van der Waals surface area contributed by atoms with Gasteiger partial charge in [-0.1, -0.05) is 29.8 Å². The van der Waals surface area contributed by atoms with Gasteiger partial charge in [-0.25, -0.2) is 0 Å². The number of benzene rings is 1. The van der Waals surface area contributed by atoms with E-state index >= 15 is 0 Å². The Morgan fingerprint density at radius 3 is 2.70 bits per heavy atom. The number of rotatable bonds is 5. The number of aryl methyl sites for hydroxylation is 2. The second kappa shape index (κ2) is 6.27. The number of hydrogen-bond donors (Lipinski definition) is 0. The van der Waals surface area contributed by atoms with E-state index in [4.69, 9.17) is 4.74 Å². The highest BCUT2D eigenvalue weighted by molar-refractivity contribution is 5.66. The van der Waals surface area contributed by atoms with Crippen molar-refractivity contribution in [2.24, 2.45) is 0 Å². The monoisotopic (exact) mass is 274 g/mol. The van der Waals surface area contributed by atoms with E-state index in [9.17, 15) is 4.79 Å². The number of tetrazole rings is 1. The topological polar surface area (TPSA) is 69.9 Å². The van der Waals surface area contributed by atoms with Gasteiger partial charge in [0, 0.05) is 18.9 Å². The van der Waals surface area contributed by atoms with E-state index in [2.05, 4.69) is 15.4 Å². The molecule has 0 bridgehead atoms. The van der Waals surface area contributed by atoms with Crippen molar-refractivity contribution in [3.05, 3.63) is 29.8 Å². The van der Waals surface area contributed by atoms with Crippen LogP contribution in [0.25, 0.3) is 11.4 Å². The second-order valence-electron chi connectivity index (χ2n) is 4.78. The Morgan fingerprint density at radius 1 is 1.35 bits per heavy atom. The lowest BCUT2D eigenvalue weighted by Gasteiger charge is -2.10. The zero-order valence-electron chi connectivity index (χ0n) is 11.9. The van der Waals surface area contributed by atoms with Gasteiger partial charge in [-0.2, -0.15) is 4.80 Å². The van der Waals surface area contributed by atoms with Gasteiger partial charge in [-0.15, -0.1) is 10.2 Å². The van der Waals surface area contributed by atoms with Crippen molar-refractivity contribution in [3.63, 3.8) is 0 Å². The van der Waals surface area contributed by atoms with Gasteiger partial charge < -0.3 is 4.74 Å². The van der Waals surface area contributed by atoms with Crippen molar-refractivity contribution < 1.29 is 9.53 Å². The molecule has 0 aliphatic rings. The minimum Gasteiger partial charge on any atom is -0.463 e. The summed E-state index contributed by atoms with van der Waals surface area (Å²) in [7, 11) is 0. The second-order valence-corrected chi connectivity index (χ2v) is 4.78. The van der Waals surface area contributed by atoms with Crippen LogP contribution in [0.1, 0.15) is 25.8 Å². The Morgan fingerprint density at radius 2 is 2.05 bits per heavy atom. The lowest BCUT2D eigenvalue weighted by atomic mass is 10.1. The first-order valence-corrected chi connectivity index (χ1v) is 6.56. The van der Waals surface area contributed by atoms with E-state index in [1.54, 1.807) is 0 Å². The van der Waals surface area contributed by atoms with Crippen LogP contribution in [0.15, 0.2) is 24.3 Å². The van der Waals surface area contributed by atoms with E-state index < -0.39 is 0 Å².